The lowest BCUT2D eigenvalue weighted by molar-refractivity contribution is -0.133. The standard InChI is InChI=1S/C24H24N6O/c1-17-28-21-6-2-3-7-22(21)30(17)15-23(31)29-12-4-5-19(14-29)24-20(13-26-16-27-24)18-8-10-25-11-9-18/h2-3,6-11,13,16,19H,4-5,12,14-15H2,1H3. The van der Waals surface area contributed by atoms with E-state index in [9.17, 15) is 4.79 Å². The highest BCUT2D eigenvalue weighted by Gasteiger charge is 2.28. The Balaban J connectivity index is 1.38. The Morgan fingerprint density at radius 2 is 1.97 bits per heavy atom. The molecular weight excluding hydrogens is 388 g/mol. The van der Waals surface area contributed by atoms with E-state index in [1.54, 1.807) is 18.7 Å². The van der Waals surface area contributed by atoms with E-state index in [1.807, 2.05) is 59.0 Å². The largest absolute Gasteiger partial charge is 0.340 e. The topological polar surface area (TPSA) is 76.8 Å². The van der Waals surface area contributed by atoms with E-state index >= 15 is 0 Å². The zero-order chi connectivity index (χ0) is 21.2. The number of hydrogen-bond acceptors (Lipinski definition) is 5. The molecule has 31 heavy (non-hydrogen) atoms. The van der Waals surface area contributed by atoms with Crippen molar-refractivity contribution in [2.24, 2.45) is 0 Å². The van der Waals surface area contributed by atoms with E-state index in [-0.39, 0.29) is 11.8 Å². The van der Waals surface area contributed by atoms with Crippen molar-refractivity contribution in [2.45, 2.75) is 32.2 Å². The number of para-hydroxylation sites is 2. The average Bonchev–Trinajstić information content (AvgIpc) is 3.14. The summed E-state index contributed by atoms with van der Waals surface area (Å²) < 4.78 is 2.01. The van der Waals surface area contributed by atoms with Crippen molar-refractivity contribution in [1.29, 1.82) is 0 Å². The van der Waals surface area contributed by atoms with Gasteiger partial charge in [0.1, 0.15) is 18.7 Å². The van der Waals surface area contributed by atoms with Gasteiger partial charge in [0, 0.05) is 43.2 Å². The first-order valence-electron chi connectivity index (χ1n) is 10.6. The highest BCUT2D eigenvalue weighted by molar-refractivity contribution is 5.81. The maximum absolute atomic E-state index is 13.2. The van der Waals surface area contributed by atoms with E-state index in [1.165, 1.54) is 0 Å². The Kier molecular flexibility index (Phi) is 5.16. The highest BCUT2D eigenvalue weighted by Crippen LogP contribution is 2.32. The minimum atomic E-state index is 0.121. The second-order valence-corrected chi connectivity index (χ2v) is 7.97. The Hall–Kier alpha value is -3.61. The van der Waals surface area contributed by atoms with Gasteiger partial charge in [-0.15, -0.1) is 0 Å². The molecule has 0 bridgehead atoms. The van der Waals surface area contributed by atoms with Crippen LogP contribution in [0.4, 0.5) is 0 Å². The van der Waals surface area contributed by atoms with Crippen LogP contribution < -0.4 is 0 Å². The summed E-state index contributed by atoms with van der Waals surface area (Å²) in [4.78, 5) is 32.8. The molecule has 1 atom stereocenters. The molecule has 7 heteroatoms. The molecule has 1 aliphatic rings. The molecule has 1 unspecified atom stereocenters. The third-order valence-corrected chi connectivity index (χ3v) is 6.03. The van der Waals surface area contributed by atoms with Gasteiger partial charge in [-0.1, -0.05) is 12.1 Å². The van der Waals surface area contributed by atoms with Crippen LogP contribution in [0.15, 0.2) is 61.3 Å². The molecule has 1 amide bonds. The molecule has 0 saturated carbocycles. The van der Waals surface area contributed by atoms with E-state index in [0.29, 0.717) is 13.1 Å². The summed E-state index contributed by atoms with van der Waals surface area (Å²) >= 11 is 0. The van der Waals surface area contributed by atoms with Crippen LogP contribution in [0.2, 0.25) is 0 Å². The third-order valence-electron chi connectivity index (χ3n) is 6.03. The number of rotatable bonds is 4. The number of fused-ring (bicyclic) bond motifs is 1. The molecule has 3 aromatic heterocycles. The van der Waals surface area contributed by atoms with E-state index in [2.05, 4.69) is 19.9 Å². The maximum atomic E-state index is 13.2. The normalized spacial score (nSPS) is 16.5. The highest BCUT2D eigenvalue weighted by atomic mass is 16.2. The van der Waals surface area contributed by atoms with Crippen LogP contribution in [-0.4, -0.2) is 48.4 Å². The Bertz CT molecular complexity index is 1220. The molecule has 5 rings (SSSR count). The molecule has 1 saturated heterocycles. The summed E-state index contributed by atoms with van der Waals surface area (Å²) in [5.41, 5.74) is 4.99. The summed E-state index contributed by atoms with van der Waals surface area (Å²) in [5, 5.41) is 0. The molecule has 0 spiro atoms. The zero-order valence-corrected chi connectivity index (χ0v) is 17.5. The van der Waals surface area contributed by atoms with Gasteiger partial charge in [0.2, 0.25) is 5.91 Å². The smallest absolute Gasteiger partial charge is 0.242 e. The predicted molar refractivity (Wildman–Crippen MR) is 118 cm³/mol. The molecule has 4 heterocycles. The lowest BCUT2D eigenvalue weighted by Gasteiger charge is -2.33. The van der Waals surface area contributed by atoms with Gasteiger partial charge in [-0.25, -0.2) is 15.0 Å². The van der Waals surface area contributed by atoms with Crippen LogP contribution in [0.3, 0.4) is 0 Å². The van der Waals surface area contributed by atoms with Crippen molar-refractivity contribution < 1.29 is 4.79 Å². The van der Waals surface area contributed by atoms with Gasteiger partial charge in [0.05, 0.1) is 16.7 Å². The first kappa shape index (κ1) is 19.4. The number of hydrogen-bond donors (Lipinski definition) is 0. The van der Waals surface area contributed by atoms with Gasteiger partial charge in [-0.2, -0.15) is 0 Å². The quantitative estimate of drug-likeness (QED) is 0.512. The molecule has 0 N–H and O–H groups in total. The molecule has 1 aliphatic heterocycles. The summed E-state index contributed by atoms with van der Waals surface area (Å²) in [6.07, 6.45) is 8.98. The number of piperidine rings is 1. The van der Waals surface area contributed by atoms with Crippen LogP contribution in [-0.2, 0) is 11.3 Å². The number of likely N-dealkylation sites (tertiary alicyclic amines) is 1. The fraction of sp³-hybridized carbons (Fsp3) is 0.292. The van der Waals surface area contributed by atoms with E-state index in [4.69, 9.17) is 0 Å². The molecule has 1 fully saturated rings. The SMILES string of the molecule is Cc1nc2ccccc2n1CC(=O)N1CCCC(c2ncncc2-c2ccncc2)C1. The maximum Gasteiger partial charge on any atom is 0.242 e. The number of aromatic nitrogens is 5. The number of amides is 1. The molecule has 4 aromatic rings. The van der Waals surface area contributed by atoms with Gasteiger partial charge < -0.3 is 9.47 Å². The number of benzene rings is 1. The van der Waals surface area contributed by atoms with Crippen molar-refractivity contribution in [3.8, 4) is 11.1 Å². The van der Waals surface area contributed by atoms with Crippen LogP contribution >= 0.6 is 0 Å². The summed E-state index contributed by atoms with van der Waals surface area (Å²) in [6.45, 7) is 3.70. The summed E-state index contributed by atoms with van der Waals surface area (Å²) in [5.74, 6) is 1.17. The number of imidazole rings is 1. The molecule has 7 nitrogen and oxygen atoms in total. The van der Waals surface area contributed by atoms with Gasteiger partial charge in [-0.3, -0.25) is 9.78 Å². The van der Waals surface area contributed by atoms with E-state index in [0.717, 1.165) is 53.1 Å². The van der Waals surface area contributed by atoms with Crippen molar-refractivity contribution in [2.75, 3.05) is 13.1 Å². The van der Waals surface area contributed by atoms with Crippen LogP contribution in [0.5, 0.6) is 0 Å². The third kappa shape index (κ3) is 3.79. The predicted octanol–water partition coefficient (Wildman–Crippen LogP) is 3.60. The Morgan fingerprint density at radius 1 is 1.13 bits per heavy atom. The fourth-order valence-electron chi connectivity index (χ4n) is 4.48. The Labute approximate surface area is 180 Å². The lowest BCUT2D eigenvalue weighted by Crippen LogP contribution is -2.41. The lowest BCUT2D eigenvalue weighted by atomic mass is 9.90. The number of carbonyl (C=O) groups is 1. The van der Waals surface area contributed by atoms with Crippen LogP contribution in [0, 0.1) is 6.92 Å². The van der Waals surface area contributed by atoms with E-state index < -0.39 is 0 Å². The second kappa shape index (κ2) is 8.26. The van der Waals surface area contributed by atoms with Crippen molar-refractivity contribution in [3.05, 3.63) is 72.8 Å². The summed E-state index contributed by atoms with van der Waals surface area (Å²) in [6, 6.07) is 11.9. The zero-order valence-electron chi connectivity index (χ0n) is 17.5. The first-order chi connectivity index (χ1) is 15.2. The number of aryl methyl sites for hydroxylation is 1. The Morgan fingerprint density at radius 3 is 2.84 bits per heavy atom. The van der Waals surface area contributed by atoms with Gasteiger partial charge in [-0.05, 0) is 49.6 Å². The van der Waals surface area contributed by atoms with Gasteiger partial charge >= 0.3 is 0 Å². The molecule has 0 aliphatic carbocycles. The van der Waals surface area contributed by atoms with Crippen LogP contribution in [0.1, 0.15) is 30.3 Å². The van der Waals surface area contributed by atoms with Crippen molar-refractivity contribution >= 4 is 16.9 Å². The average molecular weight is 412 g/mol. The summed E-state index contributed by atoms with van der Waals surface area (Å²) in [7, 11) is 0. The van der Waals surface area contributed by atoms with Crippen molar-refractivity contribution in [3.63, 3.8) is 0 Å². The minimum Gasteiger partial charge on any atom is -0.340 e. The molecular formula is C24H24N6O. The fourth-order valence-corrected chi connectivity index (χ4v) is 4.48. The number of nitrogens with zero attached hydrogens (tertiary/aromatic N) is 6. The van der Waals surface area contributed by atoms with Gasteiger partial charge in [0.25, 0.3) is 0 Å². The second-order valence-electron chi connectivity index (χ2n) is 7.97. The molecule has 156 valence electrons. The molecule has 1 aromatic carbocycles. The number of carbonyl (C=O) groups excluding carboxylic acids is 1. The van der Waals surface area contributed by atoms with Crippen LogP contribution in [0.25, 0.3) is 22.2 Å². The molecule has 0 radical (unpaired) electrons. The van der Waals surface area contributed by atoms with Gasteiger partial charge in [0.15, 0.2) is 0 Å². The minimum absolute atomic E-state index is 0.121. The monoisotopic (exact) mass is 412 g/mol. The number of pyridine rings is 1. The van der Waals surface area contributed by atoms with Crippen molar-refractivity contribution in [1.82, 2.24) is 29.4 Å². The first-order valence-corrected chi connectivity index (χ1v) is 10.6.